The Morgan fingerprint density at radius 2 is 1.62 bits per heavy atom. The highest BCUT2D eigenvalue weighted by molar-refractivity contribution is 6.33. The molecule has 0 bridgehead atoms. The quantitative estimate of drug-likeness (QED) is 0.809. The summed E-state index contributed by atoms with van der Waals surface area (Å²) < 4.78 is 0. The van der Waals surface area contributed by atoms with E-state index < -0.39 is 11.7 Å². The number of rotatable bonds is 2. The fourth-order valence-corrected chi connectivity index (χ4v) is 2.81. The number of aromatic carboxylic acids is 1. The lowest BCUT2D eigenvalue weighted by Gasteiger charge is -2.16. The van der Waals surface area contributed by atoms with Crippen LogP contribution in [0.3, 0.4) is 0 Å². The first-order valence-corrected chi connectivity index (χ1v) is 6.68. The van der Waals surface area contributed by atoms with Gasteiger partial charge in [0, 0.05) is 11.1 Å². The van der Waals surface area contributed by atoms with Gasteiger partial charge in [0.15, 0.2) is 0 Å². The maximum atomic E-state index is 12.4. The molecule has 0 unspecified atom stereocenters. The monoisotopic (exact) mass is 287 g/mol. The van der Waals surface area contributed by atoms with Crippen LogP contribution in [0.25, 0.3) is 0 Å². The zero-order valence-electron chi connectivity index (χ0n) is 11.1. The van der Waals surface area contributed by atoms with E-state index >= 15 is 0 Å². The van der Waals surface area contributed by atoms with Gasteiger partial charge in [0.25, 0.3) is 11.8 Å². The van der Waals surface area contributed by atoms with Crippen molar-refractivity contribution in [3.63, 3.8) is 0 Å². The molecule has 6 heteroatoms. The van der Waals surface area contributed by atoms with Gasteiger partial charge in [-0.25, -0.2) is 9.69 Å². The van der Waals surface area contributed by atoms with Crippen LogP contribution >= 0.6 is 0 Å². The second-order valence-corrected chi connectivity index (χ2v) is 5.12. The molecule has 108 valence electrons. The topological polar surface area (TPSA) is 94.9 Å². The maximum Gasteiger partial charge on any atom is 0.339 e. The Morgan fingerprint density at radius 3 is 2.14 bits per heavy atom. The number of amides is 2. The number of benzene rings is 1. The molecule has 0 spiro atoms. The zero-order chi connectivity index (χ0) is 15.1. The highest BCUT2D eigenvalue weighted by Gasteiger charge is 2.39. The molecular formula is C15H13NO5. The fraction of sp³-hybridized carbons (Fsp3) is 0.267. The first-order valence-electron chi connectivity index (χ1n) is 6.68. The molecule has 1 aliphatic carbocycles. The summed E-state index contributed by atoms with van der Waals surface area (Å²) in [6.45, 7) is 0. The van der Waals surface area contributed by atoms with E-state index in [1.165, 1.54) is 12.1 Å². The van der Waals surface area contributed by atoms with Crippen LogP contribution < -0.4 is 4.90 Å². The summed E-state index contributed by atoms with van der Waals surface area (Å²) in [5.41, 5.74) is 0.917. The highest BCUT2D eigenvalue weighted by Crippen LogP contribution is 2.36. The van der Waals surface area contributed by atoms with E-state index in [1.54, 1.807) is 0 Å². The number of carboxylic acid groups (broad SMARTS) is 1. The average molecular weight is 287 g/mol. The minimum absolute atomic E-state index is 0.176. The van der Waals surface area contributed by atoms with Gasteiger partial charge in [-0.3, -0.25) is 9.59 Å². The minimum Gasteiger partial charge on any atom is -0.507 e. The van der Waals surface area contributed by atoms with Crippen LogP contribution in [0.2, 0.25) is 0 Å². The van der Waals surface area contributed by atoms with Gasteiger partial charge in [0.1, 0.15) is 11.3 Å². The molecular weight excluding hydrogens is 274 g/mol. The molecule has 0 radical (unpaired) electrons. The fourth-order valence-electron chi connectivity index (χ4n) is 2.81. The molecule has 21 heavy (non-hydrogen) atoms. The summed E-state index contributed by atoms with van der Waals surface area (Å²) in [7, 11) is 0. The Morgan fingerprint density at radius 1 is 1.05 bits per heavy atom. The summed E-state index contributed by atoms with van der Waals surface area (Å²) in [4.78, 5) is 36.8. The number of carbonyl (C=O) groups excluding carboxylic acids is 2. The first-order chi connectivity index (χ1) is 10.0. The van der Waals surface area contributed by atoms with E-state index in [4.69, 9.17) is 5.11 Å². The number of aromatic hydroxyl groups is 1. The Balaban J connectivity index is 2.03. The van der Waals surface area contributed by atoms with E-state index in [9.17, 15) is 19.5 Å². The Labute approximate surface area is 120 Å². The van der Waals surface area contributed by atoms with Gasteiger partial charge in [-0.1, -0.05) is 0 Å². The van der Waals surface area contributed by atoms with Crippen molar-refractivity contribution < 1.29 is 24.6 Å². The maximum absolute atomic E-state index is 12.4. The average Bonchev–Trinajstić information content (AvgIpc) is 2.72. The Kier molecular flexibility index (Phi) is 3.01. The van der Waals surface area contributed by atoms with Gasteiger partial charge in [0.05, 0.1) is 5.69 Å². The number of imide groups is 1. The van der Waals surface area contributed by atoms with Crippen molar-refractivity contribution >= 4 is 23.5 Å². The van der Waals surface area contributed by atoms with Crippen LogP contribution in [0.15, 0.2) is 29.3 Å². The molecule has 0 aromatic heterocycles. The number of hydrogen-bond acceptors (Lipinski definition) is 4. The van der Waals surface area contributed by atoms with Crippen LogP contribution in [0.1, 0.15) is 36.0 Å². The van der Waals surface area contributed by atoms with Crippen LogP contribution in [-0.2, 0) is 9.59 Å². The lowest BCUT2D eigenvalue weighted by atomic mass is 9.93. The van der Waals surface area contributed by atoms with Crippen molar-refractivity contribution in [3.05, 3.63) is 34.9 Å². The van der Waals surface area contributed by atoms with Gasteiger partial charge in [-0.15, -0.1) is 0 Å². The first kappa shape index (κ1) is 13.4. The number of carboxylic acids is 1. The lowest BCUT2D eigenvalue weighted by molar-refractivity contribution is -0.120. The van der Waals surface area contributed by atoms with Crippen molar-refractivity contribution in [1.29, 1.82) is 0 Å². The molecule has 2 aliphatic rings. The molecule has 1 aromatic rings. The van der Waals surface area contributed by atoms with Crippen LogP contribution in [0, 0.1) is 0 Å². The summed E-state index contributed by atoms with van der Waals surface area (Å²) >= 11 is 0. The van der Waals surface area contributed by atoms with Crippen molar-refractivity contribution in [1.82, 2.24) is 0 Å². The molecule has 6 nitrogen and oxygen atoms in total. The van der Waals surface area contributed by atoms with Crippen molar-refractivity contribution in [2.75, 3.05) is 4.90 Å². The molecule has 0 saturated carbocycles. The van der Waals surface area contributed by atoms with Crippen molar-refractivity contribution in [2.45, 2.75) is 25.7 Å². The minimum atomic E-state index is -1.31. The number of nitrogens with zero attached hydrogens (tertiary/aromatic N) is 1. The number of carbonyl (C=O) groups is 3. The second kappa shape index (κ2) is 4.73. The largest absolute Gasteiger partial charge is 0.507 e. The highest BCUT2D eigenvalue weighted by atomic mass is 16.4. The third kappa shape index (κ3) is 1.99. The third-order valence-corrected chi connectivity index (χ3v) is 3.86. The summed E-state index contributed by atoms with van der Waals surface area (Å²) in [5.74, 6) is -2.47. The van der Waals surface area contributed by atoms with Crippen LogP contribution in [0.4, 0.5) is 5.69 Å². The van der Waals surface area contributed by atoms with Crippen molar-refractivity contribution in [2.24, 2.45) is 0 Å². The Hall–Kier alpha value is -2.63. The molecule has 1 aliphatic heterocycles. The third-order valence-electron chi connectivity index (χ3n) is 3.86. The smallest absolute Gasteiger partial charge is 0.339 e. The van der Waals surface area contributed by atoms with Gasteiger partial charge in [0.2, 0.25) is 0 Å². The number of hydrogen-bond donors (Lipinski definition) is 2. The molecule has 1 heterocycles. The van der Waals surface area contributed by atoms with Gasteiger partial charge >= 0.3 is 5.97 Å². The van der Waals surface area contributed by atoms with Gasteiger partial charge in [-0.2, -0.15) is 0 Å². The van der Waals surface area contributed by atoms with E-state index in [0.29, 0.717) is 24.0 Å². The van der Waals surface area contributed by atoms with E-state index in [2.05, 4.69) is 0 Å². The normalized spacial score (nSPS) is 18.2. The van der Waals surface area contributed by atoms with E-state index in [0.717, 1.165) is 23.8 Å². The molecule has 0 atom stereocenters. The number of phenols is 1. The number of anilines is 1. The SMILES string of the molecule is O=C(O)c1cc(N2C(=O)C3=C(CCCC3)C2=O)ccc1O. The zero-order valence-corrected chi connectivity index (χ0v) is 11.1. The van der Waals surface area contributed by atoms with Gasteiger partial charge in [-0.05, 0) is 43.9 Å². The molecule has 1 aromatic carbocycles. The van der Waals surface area contributed by atoms with Crippen molar-refractivity contribution in [3.8, 4) is 5.75 Å². The molecule has 2 N–H and O–H groups in total. The standard InChI is InChI=1S/C15H13NO5/c17-12-6-5-8(7-11(12)15(20)21)16-13(18)9-3-1-2-4-10(9)14(16)19/h5-7,17H,1-4H2,(H,20,21). The summed E-state index contributed by atoms with van der Waals surface area (Å²) in [6, 6.07) is 3.69. The van der Waals surface area contributed by atoms with E-state index in [1.807, 2.05) is 0 Å². The van der Waals surface area contributed by atoms with Crippen LogP contribution in [-0.4, -0.2) is 28.0 Å². The molecule has 0 saturated heterocycles. The van der Waals surface area contributed by atoms with E-state index in [-0.39, 0.29) is 23.1 Å². The van der Waals surface area contributed by atoms with Gasteiger partial charge < -0.3 is 10.2 Å². The Bertz CT molecular complexity index is 676. The predicted octanol–water partition coefficient (Wildman–Crippen LogP) is 1.83. The predicted molar refractivity (Wildman–Crippen MR) is 73.1 cm³/mol. The molecule has 2 amide bonds. The summed E-state index contributed by atoms with van der Waals surface area (Å²) in [5, 5.41) is 18.5. The molecule has 0 fully saturated rings. The van der Waals surface area contributed by atoms with Crippen LogP contribution in [0.5, 0.6) is 5.75 Å². The lowest BCUT2D eigenvalue weighted by Crippen LogP contribution is -2.31. The summed E-state index contributed by atoms with van der Waals surface area (Å²) in [6.07, 6.45) is 2.92. The molecule has 3 rings (SSSR count). The second-order valence-electron chi connectivity index (χ2n) is 5.12.